The van der Waals surface area contributed by atoms with Gasteiger partial charge in [0.2, 0.25) is 10.5 Å². The number of halogens is 2. The van der Waals surface area contributed by atoms with Crippen molar-refractivity contribution in [3.8, 4) is 0 Å². The third kappa shape index (κ3) is 6.69. The maximum atomic E-state index is 10.7. The van der Waals surface area contributed by atoms with E-state index in [1.807, 2.05) is 24.3 Å². The van der Waals surface area contributed by atoms with Crippen LogP contribution in [0.15, 0.2) is 34.1 Å². The van der Waals surface area contributed by atoms with Crippen LogP contribution in [0.3, 0.4) is 0 Å². The molecule has 0 saturated heterocycles. The highest BCUT2D eigenvalue weighted by Gasteiger charge is 2.05. The molecule has 0 heterocycles. The topological polar surface area (TPSA) is 34.1 Å². The molecule has 18 heavy (non-hydrogen) atoms. The van der Waals surface area contributed by atoms with Crippen LogP contribution < -0.4 is 0 Å². The summed E-state index contributed by atoms with van der Waals surface area (Å²) >= 11 is 13.8. The third-order valence-corrected chi connectivity index (χ3v) is 4.62. The predicted molar refractivity (Wildman–Crippen MR) is 78.8 cm³/mol. The molecule has 0 aliphatic carbocycles. The van der Waals surface area contributed by atoms with Gasteiger partial charge in [0.25, 0.3) is 0 Å². The number of hydrogen-bond acceptors (Lipinski definition) is 4. The van der Waals surface area contributed by atoms with E-state index in [-0.39, 0.29) is 10.5 Å². The first-order valence-corrected chi connectivity index (χ1v) is 8.03. The quantitative estimate of drug-likeness (QED) is 0.531. The van der Waals surface area contributed by atoms with E-state index >= 15 is 0 Å². The van der Waals surface area contributed by atoms with Gasteiger partial charge in [-0.2, -0.15) is 0 Å². The highest BCUT2D eigenvalue weighted by Crippen LogP contribution is 2.31. The van der Waals surface area contributed by atoms with Crippen molar-refractivity contribution >= 4 is 57.2 Å². The highest BCUT2D eigenvalue weighted by molar-refractivity contribution is 8.02. The molecule has 0 atom stereocenters. The molecule has 0 aromatic heterocycles. The van der Waals surface area contributed by atoms with Crippen molar-refractivity contribution in [2.24, 2.45) is 0 Å². The van der Waals surface area contributed by atoms with Gasteiger partial charge in [-0.15, -0.1) is 23.5 Å². The van der Waals surface area contributed by atoms with Crippen molar-refractivity contribution in [1.82, 2.24) is 0 Å². The second-order valence-corrected chi connectivity index (χ2v) is 6.47. The number of benzene rings is 1. The van der Waals surface area contributed by atoms with E-state index in [9.17, 15) is 9.59 Å². The molecule has 0 amide bonds. The molecule has 0 aliphatic rings. The second kappa shape index (κ2) is 8.86. The molecule has 1 rings (SSSR count). The number of carbonyl (C=O) groups is 2. The molecule has 0 fully saturated rings. The van der Waals surface area contributed by atoms with Crippen molar-refractivity contribution in [2.75, 3.05) is 11.5 Å². The Morgan fingerprint density at radius 2 is 1.28 bits per heavy atom. The average Bonchev–Trinajstić information content (AvgIpc) is 2.30. The molecular formula is C12H12Cl2O2S2. The average molecular weight is 323 g/mol. The van der Waals surface area contributed by atoms with Crippen molar-refractivity contribution in [3.63, 3.8) is 0 Å². The van der Waals surface area contributed by atoms with Crippen molar-refractivity contribution in [1.29, 1.82) is 0 Å². The van der Waals surface area contributed by atoms with Crippen LogP contribution in [-0.4, -0.2) is 22.0 Å². The predicted octanol–water partition coefficient (Wildman–Crippen LogP) is 4.18. The highest BCUT2D eigenvalue weighted by atomic mass is 35.5. The van der Waals surface area contributed by atoms with Gasteiger partial charge in [-0.25, -0.2) is 0 Å². The van der Waals surface area contributed by atoms with Gasteiger partial charge < -0.3 is 0 Å². The fourth-order valence-electron chi connectivity index (χ4n) is 1.17. The lowest BCUT2D eigenvalue weighted by molar-refractivity contribution is -0.112. The van der Waals surface area contributed by atoms with Crippen LogP contribution in [0.4, 0.5) is 0 Å². The SMILES string of the molecule is O=C(Cl)CCSc1ccccc1SCCC(=O)Cl. The van der Waals surface area contributed by atoms with E-state index in [0.717, 1.165) is 9.79 Å². The van der Waals surface area contributed by atoms with Crippen molar-refractivity contribution in [2.45, 2.75) is 22.6 Å². The van der Waals surface area contributed by atoms with Gasteiger partial charge >= 0.3 is 0 Å². The number of carbonyl (C=O) groups excluding carboxylic acids is 2. The summed E-state index contributed by atoms with van der Waals surface area (Å²) in [4.78, 5) is 23.5. The molecule has 2 nitrogen and oxygen atoms in total. The lowest BCUT2D eigenvalue weighted by atomic mass is 10.4. The summed E-state index contributed by atoms with van der Waals surface area (Å²) in [6, 6.07) is 7.88. The van der Waals surface area contributed by atoms with Crippen LogP contribution >= 0.6 is 46.7 Å². The van der Waals surface area contributed by atoms with Gasteiger partial charge in [0.05, 0.1) is 0 Å². The molecule has 0 unspecified atom stereocenters. The second-order valence-electron chi connectivity index (χ2n) is 3.35. The van der Waals surface area contributed by atoms with Gasteiger partial charge in [0, 0.05) is 34.1 Å². The summed E-state index contributed by atoms with van der Waals surface area (Å²) in [6.45, 7) is 0. The van der Waals surface area contributed by atoms with E-state index in [0.29, 0.717) is 24.3 Å². The Balaban J connectivity index is 2.50. The molecule has 1 aromatic rings. The molecule has 6 heteroatoms. The molecule has 0 N–H and O–H groups in total. The molecule has 0 aliphatic heterocycles. The minimum absolute atomic E-state index is 0.319. The lowest BCUT2D eigenvalue weighted by Gasteiger charge is -2.07. The van der Waals surface area contributed by atoms with E-state index in [1.54, 1.807) is 23.5 Å². The Morgan fingerprint density at radius 3 is 1.61 bits per heavy atom. The smallest absolute Gasteiger partial charge is 0.222 e. The van der Waals surface area contributed by atoms with Gasteiger partial charge in [-0.05, 0) is 35.3 Å². The summed E-state index contributed by atoms with van der Waals surface area (Å²) in [5.41, 5.74) is 0. The monoisotopic (exact) mass is 322 g/mol. The van der Waals surface area contributed by atoms with E-state index in [1.165, 1.54) is 0 Å². The van der Waals surface area contributed by atoms with Crippen molar-refractivity contribution < 1.29 is 9.59 Å². The largest absolute Gasteiger partial charge is 0.281 e. The molecule has 98 valence electrons. The third-order valence-electron chi connectivity index (χ3n) is 1.96. The van der Waals surface area contributed by atoms with Crippen LogP contribution in [0.2, 0.25) is 0 Å². The van der Waals surface area contributed by atoms with E-state index in [2.05, 4.69) is 0 Å². The van der Waals surface area contributed by atoms with Gasteiger partial charge in [0.15, 0.2) is 0 Å². The van der Waals surface area contributed by atoms with Crippen LogP contribution in [0.1, 0.15) is 12.8 Å². The minimum Gasteiger partial charge on any atom is -0.281 e. The lowest BCUT2D eigenvalue weighted by Crippen LogP contribution is -1.91. The zero-order chi connectivity index (χ0) is 13.4. The first kappa shape index (κ1) is 15.9. The number of hydrogen-bond donors (Lipinski definition) is 0. The fraction of sp³-hybridized carbons (Fsp3) is 0.333. The van der Waals surface area contributed by atoms with Gasteiger partial charge in [0.1, 0.15) is 0 Å². The van der Waals surface area contributed by atoms with E-state index < -0.39 is 0 Å². The first-order chi connectivity index (χ1) is 8.59. The summed E-state index contributed by atoms with van der Waals surface area (Å²) in [6.07, 6.45) is 0.705. The Hall–Kier alpha value is -0.160. The number of rotatable bonds is 8. The summed E-state index contributed by atoms with van der Waals surface area (Å²) in [5.74, 6) is 1.32. The van der Waals surface area contributed by atoms with Gasteiger partial charge in [-0.3, -0.25) is 9.59 Å². The molecular weight excluding hydrogens is 311 g/mol. The maximum Gasteiger partial charge on any atom is 0.222 e. The Kier molecular flexibility index (Phi) is 7.82. The minimum atomic E-state index is -0.319. The molecule has 0 bridgehead atoms. The fourth-order valence-corrected chi connectivity index (χ4v) is 3.72. The Morgan fingerprint density at radius 1 is 0.889 bits per heavy atom. The first-order valence-electron chi connectivity index (χ1n) is 5.31. The summed E-state index contributed by atoms with van der Waals surface area (Å²) < 4.78 is 0. The van der Waals surface area contributed by atoms with Gasteiger partial charge in [-0.1, -0.05) is 12.1 Å². The normalized spacial score (nSPS) is 10.3. The maximum absolute atomic E-state index is 10.7. The summed E-state index contributed by atoms with van der Waals surface area (Å²) in [7, 11) is 0. The molecule has 0 saturated carbocycles. The van der Waals surface area contributed by atoms with Crippen LogP contribution in [-0.2, 0) is 9.59 Å². The van der Waals surface area contributed by atoms with Crippen molar-refractivity contribution in [3.05, 3.63) is 24.3 Å². The van der Waals surface area contributed by atoms with Crippen LogP contribution in [0.5, 0.6) is 0 Å². The Bertz CT molecular complexity index is 385. The Labute approximate surface area is 125 Å². The molecule has 0 spiro atoms. The molecule has 1 aromatic carbocycles. The van der Waals surface area contributed by atoms with Crippen LogP contribution in [0, 0.1) is 0 Å². The zero-order valence-electron chi connectivity index (χ0n) is 9.53. The van der Waals surface area contributed by atoms with Crippen LogP contribution in [0.25, 0.3) is 0 Å². The van der Waals surface area contributed by atoms with E-state index in [4.69, 9.17) is 23.2 Å². The molecule has 0 radical (unpaired) electrons. The number of thioether (sulfide) groups is 2. The standard InChI is InChI=1S/C12H12Cl2O2S2/c13-11(15)5-7-17-9-3-1-2-4-10(9)18-8-6-12(14)16/h1-4H,5-8H2. The zero-order valence-corrected chi connectivity index (χ0v) is 12.7. The summed E-state index contributed by atoms with van der Waals surface area (Å²) in [5, 5.41) is -0.638.